The highest BCUT2D eigenvalue weighted by Crippen LogP contribution is 2.26. The number of hydrogen-bond donors (Lipinski definition) is 1. The maximum Gasteiger partial charge on any atom is 0.251 e. The van der Waals surface area contributed by atoms with Crippen LogP contribution in [0.2, 0.25) is 5.02 Å². The number of rotatable bonds is 8. The quantitative estimate of drug-likeness (QED) is 0.618. The summed E-state index contributed by atoms with van der Waals surface area (Å²) in [5, 5.41) is 3.57. The number of carbonyl (C=O) groups is 1. The molecule has 0 aromatic heterocycles. The molecule has 6 nitrogen and oxygen atoms in total. The van der Waals surface area contributed by atoms with Gasteiger partial charge in [-0.15, -0.1) is 0 Å². The van der Waals surface area contributed by atoms with Crippen molar-refractivity contribution in [1.82, 2.24) is 9.62 Å². The maximum absolute atomic E-state index is 13.0. The van der Waals surface area contributed by atoms with Gasteiger partial charge in [-0.3, -0.25) is 4.79 Å². The Bertz CT molecular complexity index is 1000. The van der Waals surface area contributed by atoms with Crippen molar-refractivity contribution >= 4 is 27.5 Å². The van der Waals surface area contributed by atoms with Crippen molar-refractivity contribution in [3.8, 4) is 5.75 Å². The molecule has 1 aliphatic carbocycles. The van der Waals surface area contributed by atoms with E-state index < -0.39 is 10.0 Å². The summed E-state index contributed by atoms with van der Waals surface area (Å²) in [6.07, 6.45) is 5.48. The molecule has 168 valence electrons. The zero-order chi connectivity index (χ0) is 22.4. The molecule has 1 amide bonds. The molecule has 8 heteroatoms. The molecule has 1 N–H and O–H groups in total. The van der Waals surface area contributed by atoms with Crippen LogP contribution in [0.1, 0.15) is 54.9 Å². The Morgan fingerprint density at radius 1 is 1.13 bits per heavy atom. The molecule has 0 atom stereocenters. The first-order valence-corrected chi connectivity index (χ1v) is 12.4. The maximum atomic E-state index is 13.0. The van der Waals surface area contributed by atoms with Crippen molar-refractivity contribution in [2.75, 3.05) is 13.7 Å². The van der Waals surface area contributed by atoms with Crippen LogP contribution in [0.4, 0.5) is 0 Å². The summed E-state index contributed by atoms with van der Waals surface area (Å²) in [4.78, 5) is 12.9. The van der Waals surface area contributed by atoms with Crippen molar-refractivity contribution in [1.29, 1.82) is 0 Å². The number of nitrogens with zero attached hydrogens (tertiary/aromatic N) is 1. The monoisotopic (exact) mass is 464 g/mol. The highest BCUT2D eigenvalue weighted by Gasteiger charge is 2.23. The van der Waals surface area contributed by atoms with E-state index in [2.05, 4.69) is 5.32 Å². The first-order chi connectivity index (χ1) is 14.8. The van der Waals surface area contributed by atoms with Crippen LogP contribution in [0.25, 0.3) is 0 Å². The molecule has 2 aromatic rings. The van der Waals surface area contributed by atoms with Crippen LogP contribution in [0, 0.1) is 0 Å². The SMILES string of the molecule is CCOc1ccc(C(=O)NC2CCCCC2)cc1CN(C)S(=O)(=O)c1ccc(Cl)cc1. The van der Waals surface area contributed by atoms with Gasteiger partial charge >= 0.3 is 0 Å². The van der Waals surface area contributed by atoms with Crippen LogP contribution in [0.5, 0.6) is 5.75 Å². The molecular formula is C23H29ClN2O4S. The molecule has 3 rings (SSSR count). The lowest BCUT2D eigenvalue weighted by Gasteiger charge is -2.23. The van der Waals surface area contributed by atoms with Crippen LogP contribution >= 0.6 is 11.6 Å². The van der Waals surface area contributed by atoms with E-state index >= 15 is 0 Å². The normalized spacial score (nSPS) is 15.1. The van der Waals surface area contributed by atoms with Gasteiger partial charge in [-0.1, -0.05) is 30.9 Å². The zero-order valence-electron chi connectivity index (χ0n) is 17.9. The first kappa shape index (κ1) is 23.6. The molecule has 0 bridgehead atoms. The third kappa shape index (κ3) is 5.99. The molecule has 0 unspecified atom stereocenters. The van der Waals surface area contributed by atoms with E-state index in [-0.39, 0.29) is 23.4 Å². The molecule has 0 radical (unpaired) electrons. The van der Waals surface area contributed by atoms with Gasteiger partial charge in [0.1, 0.15) is 5.75 Å². The summed E-state index contributed by atoms with van der Waals surface area (Å²) in [6, 6.07) is 11.4. The molecule has 1 saturated carbocycles. The van der Waals surface area contributed by atoms with E-state index in [1.165, 1.54) is 29.9 Å². The molecule has 0 spiro atoms. The Balaban J connectivity index is 1.81. The van der Waals surface area contributed by atoms with Crippen molar-refractivity contribution in [3.63, 3.8) is 0 Å². The largest absolute Gasteiger partial charge is 0.494 e. The molecule has 0 heterocycles. The smallest absolute Gasteiger partial charge is 0.251 e. The standard InChI is InChI=1S/C23H29ClN2O4S/c1-3-30-22-14-9-17(23(27)25-20-7-5-4-6-8-20)15-18(22)16-26(2)31(28,29)21-12-10-19(24)11-13-21/h9-15,20H,3-8,16H2,1-2H3,(H,25,27). The molecule has 2 aromatic carbocycles. The average molecular weight is 465 g/mol. The van der Waals surface area contributed by atoms with Crippen molar-refractivity contribution in [2.24, 2.45) is 0 Å². The Hall–Kier alpha value is -2.09. The first-order valence-electron chi connectivity index (χ1n) is 10.6. The van der Waals surface area contributed by atoms with E-state index in [0.717, 1.165) is 25.7 Å². The van der Waals surface area contributed by atoms with Crippen LogP contribution in [-0.2, 0) is 16.6 Å². The number of amides is 1. The Morgan fingerprint density at radius 2 is 1.81 bits per heavy atom. The van der Waals surface area contributed by atoms with Gasteiger partial charge in [-0.05, 0) is 62.2 Å². The Labute approximate surface area is 189 Å². The topological polar surface area (TPSA) is 75.7 Å². The van der Waals surface area contributed by atoms with Gasteiger partial charge in [0.25, 0.3) is 5.91 Å². The minimum Gasteiger partial charge on any atom is -0.494 e. The second-order valence-corrected chi connectivity index (χ2v) is 10.3. The number of ether oxygens (including phenoxy) is 1. The lowest BCUT2D eigenvalue weighted by Crippen LogP contribution is -2.36. The number of sulfonamides is 1. The third-order valence-corrected chi connectivity index (χ3v) is 7.55. The van der Waals surface area contributed by atoms with Gasteiger partial charge in [0.2, 0.25) is 10.0 Å². The van der Waals surface area contributed by atoms with E-state index in [9.17, 15) is 13.2 Å². The fourth-order valence-corrected chi connectivity index (χ4v) is 5.04. The second kappa shape index (κ2) is 10.5. The highest BCUT2D eigenvalue weighted by molar-refractivity contribution is 7.89. The van der Waals surface area contributed by atoms with Gasteiger partial charge in [-0.2, -0.15) is 4.31 Å². The number of halogens is 1. The number of carbonyl (C=O) groups excluding carboxylic acids is 1. The lowest BCUT2D eigenvalue weighted by molar-refractivity contribution is 0.0927. The third-order valence-electron chi connectivity index (χ3n) is 5.48. The molecule has 1 fully saturated rings. The summed E-state index contributed by atoms with van der Waals surface area (Å²) >= 11 is 5.88. The predicted molar refractivity (Wildman–Crippen MR) is 122 cm³/mol. The summed E-state index contributed by atoms with van der Waals surface area (Å²) in [6.45, 7) is 2.38. The molecule has 31 heavy (non-hydrogen) atoms. The average Bonchev–Trinajstić information content (AvgIpc) is 2.76. The molecule has 0 aliphatic heterocycles. The van der Waals surface area contributed by atoms with Gasteiger partial charge in [-0.25, -0.2) is 8.42 Å². The van der Waals surface area contributed by atoms with Crippen LogP contribution in [0.15, 0.2) is 47.4 Å². The number of benzene rings is 2. The number of nitrogens with one attached hydrogen (secondary N) is 1. The predicted octanol–water partition coefficient (Wildman–Crippen LogP) is 4.62. The number of hydrogen-bond acceptors (Lipinski definition) is 4. The van der Waals surface area contributed by atoms with Gasteiger partial charge in [0.05, 0.1) is 11.5 Å². The summed E-state index contributed by atoms with van der Waals surface area (Å²) in [5.41, 5.74) is 1.14. The molecular weight excluding hydrogens is 436 g/mol. The summed E-state index contributed by atoms with van der Waals surface area (Å²) in [5.74, 6) is 0.425. The van der Waals surface area contributed by atoms with E-state index in [0.29, 0.717) is 28.5 Å². The Morgan fingerprint density at radius 3 is 2.45 bits per heavy atom. The van der Waals surface area contributed by atoms with Gasteiger partial charge in [0, 0.05) is 35.8 Å². The van der Waals surface area contributed by atoms with E-state index in [1.807, 2.05) is 6.92 Å². The van der Waals surface area contributed by atoms with Crippen LogP contribution in [0.3, 0.4) is 0 Å². The fraction of sp³-hybridized carbons (Fsp3) is 0.435. The summed E-state index contributed by atoms with van der Waals surface area (Å²) < 4.78 is 32.9. The minimum atomic E-state index is -3.72. The van der Waals surface area contributed by atoms with Crippen molar-refractivity contribution in [3.05, 3.63) is 58.6 Å². The fourth-order valence-electron chi connectivity index (χ4n) is 3.77. The highest BCUT2D eigenvalue weighted by atomic mass is 35.5. The lowest BCUT2D eigenvalue weighted by atomic mass is 9.95. The Kier molecular flexibility index (Phi) is 7.97. The summed E-state index contributed by atoms with van der Waals surface area (Å²) in [7, 11) is -2.21. The van der Waals surface area contributed by atoms with E-state index in [4.69, 9.17) is 16.3 Å². The van der Waals surface area contributed by atoms with Crippen LogP contribution < -0.4 is 10.1 Å². The van der Waals surface area contributed by atoms with Crippen molar-refractivity contribution < 1.29 is 17.9 Å². The zero-order valence-corrected chi connectivity index (χ0v) is 19.5. The van der Waals surface area contributed by atoms with Crippen LogP contribution in [-0.4, -0.2) is 38.3 Å². The minimum absolute atomic E-state index is 0.0742. The van der Waals surface area contributed by atoms with Crippen molar-refractivity contribution in [2.45, 2.75) is 56.5 Å². The molecule has 0 saturated heterocycles. The second-order valence-electron chi connectivity index (χ2n) is 7.78. The van der Waals surface area contributed by atoms with E-state index in [1.54, 1.807) is 30.3 Å². The molecule has 1 aliphatic rings. The van der Waals surface area contributed by atoms with Gasteiger partial charge in [0.15, 0.2) is 0 Å². The van der Waals surface area contributed by atoms with Gasteiger partial charge < -0.3 is 10.1 Å².